The Morgan fingerprint density at radius 1 is 0.667 bits per heavy atom. The van der Waals surface area contributed by atoms with Gasteiger partial charge in [0.05, 0.1) is 18.8 Å². The fourth-order valence-corrected chi connectivity index (χ4v) is 4.31. The second kappa shape index (κ2) is 13.3. The van der Waals surface area contributed by atoms with E-state index >= 15 is 0 Å². The van der Waals surface area contributed by atoms with Crippen LogP contribution in [0.25, 0.3) is 0 Å². The molecule has 2 aromatic carbocycles. The summed E-state index contributed by atoms with van der Waals surface area (Å²) in [7, 11) is 0. The van der Waals surface area contributed by atoms with Gasteiger partial charge in [-0.3, -0.25) is 0 Å². The van der Waals surface area contributed by atoms with Crippen molar-refractivity contribution in [3.05, 3.63) is 47.5 Å². The molecule has 10 atom stereocenters. The van der Waals surface area contributed by atoms with Gasteiger partial charge in [-0.05, 0) is 35.9 Å². The fraction of sp³-hybridized carbons (Fsp3) is 0.500. The van der Waals surface area contributed by atoms with E-state index in [1.54, 1.807) is 0 Å². The second-order valence-electron chi connectivity index (χ2n) is 9.69. The lowest BCUT2D eigenvalue weighted by Crippen LogP contribution is -2.60. The minimum absolute atomic E-state index is 0.0968. The van der Waals surface area contributed by atoms with Gasteiger partial charge in [0.25, 0.3) is 0 Å². The van der Waals surface area contributed by atoms with Gasteiger partial charge < -0.3 is 74.7 Å². The van der Waals surface area contributed by atoms with E-state index in [-0.39, 0.29) is 23.7 Å². The summed E-state index contributed by atoms with van der Waals surface area (Å²) >= 11 is 0. The molecule has 2 heterocycles. The average Bonchev–Trinajstić information content (AvgIpc) is 2.98. The summed E-state index contributed by atoms with van der Waals surface area (Å²) in [6.45, 7) is -1.66. The average molecular weight is 601 g/mol. The largest absolute Gasteiger partial charge is 0.504 e. The van der Waals surface area contributed by atoms with Crippen molar-refractivity contribution >= 4 is 5.97 Å². The highest BCUT2D eigenvalue weighted by atomic mass is 16.7. The number of carbonyl (C=O) groups is 1. The number of aliphatic hydroxyl groups excluding tert-OH is 8. The van der Waals surface area contributed by atoms with Crippen LogP contribution in [0.15, 0.2) is 36.4 Å². The number of carbonyl (C=O) groups excluding carboxylic acids is 1. The Bertz CT molecular complexity index is 1220. The lowest BCUT2D eigenvalue weighted by atomic mass is 9.99. The SMILES string of the molecule is O=C(OCc1ccc(O[C@@H]2O[C@H](CO)[C@@H](O)[C@H](O)[C@H]2O)c(O)c1)c1ccc(O[C@@H]2O[C@H](CO)[C@@H](O)[C@H](O)[C@H]2O)c(O)c1. The molecule has 2 aliphatic rings. The molecule has 16 nitrogen and oxygen atoms in total. The fourth-order valence-electron chi connectivity index (χ4n) is 4.31. The zero-order chi connectivity index (χ0) is 30.7. The van der Waals surface area contributed by atoms with Gasteiger partial charge in [0, 0.05) is 0 Å². The summed E-state index contributed by atoms with van der Waals surface area (Å²) in [5.74, 6) is -2.27. The molecule has 0 unspecified atom stereocenters. The normalized spacial score (nSPS) is 33.1. The quantitative estimate of drug-likeness (QED) is 0.127. The minimum atomic E-state index is -1.71. The first kappa shape index (κ1) is 31.6. The molecule has 10 N–H and O–H groups in total. The monoisotopic (exact) mass is 600 g/mol. The summed E-state index contributed by atoms with van der Waals surface area (Å²) in [5, 5.41) is 98.9. The number of esters is 1. The third-order valence-electron chi connectivity index (χ3n) is 6.77. The van der Waals surface area contributed by atoms with E-state index < -0.39 is 92.1 Å². The number of benzene rings is 2. The molecule has 0 amide bonds. The van der Waals surface area contributed by atoms with Gasteiger partial charge >= 0.3 is 5.97 Å². The predicted molar refractivity (Wildman–Crippen MR) is 134 cm³/mol. The van der Waals surface area contributed by atoms with Gasteiger partial charge in [0.2, 0.25) is 12.6 Å². The van der Waals surface area contributed by atoms with Crippen molar-refractivity contribution in [2.45, 2.75) is 68.0 Å². The van der Waals surface area contributed by atoms with Crippen molar-refractivity contribution in [2.24, 2.45) is 0 Å². The lowest BCUT2D eigenvalue weighted by Gasteiger charge is -2.39. The van der Waals surface area contributed by atoms with Crippen molar-refractivity contribution in [3.8, 4) is 23.0 Å². The first-order chi connectivity index (χ1) is 19.9. The van der Waals surface area contributed by atoms with E-state index in [1.807, 2.05) is 0 Å². The molecule has 42 heavy (non-hydrogen) atoms. The maximum atomic E-state index is 12.5. The van der Waals surface area contributed by atoms with Crippen molar-refractivity contribution in [1.82, 2.24) is 0 Å². The molecular formula is C26H32O16. The molecule has 0 radical (unpaired) electrons. The number of aromatic hydroxyl groups is 2. The van der Waals surface area contributed by atoms with E-state index in [9.17, 15) is 55.9 Å². The molecule has 2 aromatic rings. The number of rotatable bonds is 9. The second-order valence-corrected chi connectivity index (χ2v) is 9.69. The van der Waals surface area contributed by atoms with Crippen LogP contribution in [0.2, 0.25) is 0 Å². The van der Waals surface area contributed by atoms with Gasteiger partial charge in [-0.15, -0.1) is 0 Å². The van der Waals surface area contributed by atoms with Crippen molar-refractivity contribution in [2.75, 3.05) is 13.2 Å². The Morgan fingerprint density at radius 3 is 1.60 bits per heavy atom. The summed E-state index contributed by atoms with van der Waals surface area (Å²) in [6.07, 6.45) is -15.4. The highest BCUT2D eigenvalue weighted by Crippen LogP contribution is 2.33. The summed E-state index contributed by atoms with van der Waals surface area (Å²) in [5.41, 5.74) is 0.217. The molecule has 4 rings (SSSR count). The van der Waals surface area contributed by atoms with E-state index in [0.29, 0.717) is 5.56 Å². The van der Waals surface area contributed by atoms with Crippen molar-refractivity contribution < 1.29 is 79.5 Å². The van der Waals surface area contributed by atoms with E-state index in [2.05, 4.69) is 0 Å². The standard InChI is InChI=1S/C26H32O16/c27-7-16-18(31)20(33)22(35)25(41-16)39-14-3-1-10(5-12(14)29)9-38-24(37)11-2-4-15(13(30)6-11)40-26-23(36)21(34)19(32)17(8-28)42-26/h1-6,16-23,25-36H,7-9H2/t16-,17-,18-,19-,20+,21+,22-,23-,25-,26-/m1/s1. The highest BCUT2D eigenvalue weighted by molar-refractivity contribution is 5.90. The van der Waals surface area contributed by atoms with E-state index in [1.165, 1.54) is 30.3 Å². The van der Waals surface area contributed by atoms with Gasteiger partial charge in [-0.2, -0.15) is 0 Å². The number of hydrogen-bond acceptors (Lipinski definition) is 16. The van der Waals surface area contributed by atoms with Crippen LogP contribution >= 0.6 is 0 Å². The van der Waals surface area contributed by atoms with E-state index in [4.69, 9.17) is 23.7 Å². The molecule has 0 bridgehead atoms. The predicted octanol–water partition coefficient (Wildman–Crippen LogP) is -3.19. The third-order valence-corrected chi connectivity index (χ3v) is 6.77. The molecule has 16 heteroatoms. The van der Waals surface area contributed by atoms with Crippen LogP contribution in [0, 0.1) is 0 Å². The van der Waals surface area contributed by atoms with Gasteiger partial charge in [-0.25, -0.2) is 4.79 Å². The molecule has 2 saturated heterocycles. The van der Waals surface area contributed by atoms with Crippen LogP contribution in [-0.2, 0) is 20.8 Å². The number of aliphatic hydroxyl groups is 8. The third kappa shape index (κ3) is 6.68. The molecule has 0 aliphatic carbocycles. The van der Waals surface area contributed by atoms with Crippen LogP contribution in [0.5, 0.6) is 23.0 Å². The van der Waals surface area contributed by atoms with Crippen LogP contribution in [0.4, 0.5) is 0 Å². The van der Waals surface area contributed by atoms with Crippen molar-refractivity contribution in [3.63, 3.8) is 0 Å². The topological polar surface area (TPSA) is 266 Å². The maximum Gasteiger partial charge on any atom is 0.338 e. The molecule has 0 spiro atoms. The minimum Gasteiger partial charge on any atom is -0.504 e. The Morgan fingerprint density at radius 2 is 1.14 bits per heavy atom. The Balaban J connectivity index is 1.34. The molecule has 2 fully saturated rings. The molecular weight excluding hydrogens is 568 g/mol. The zero-order valence-electron chi connectivity index (χ0n) is 21.8. The number of hydrogen-bond donors (Lipinski definition) is 10. The first-order valence-corrected chi connectivity index (χ1v) is 12.7. The van der Waals surface area contributed by atoms with Crippen molar-refractivity contribution in [1.29, 1.82) is 0 Å². The lowest BCUT2D eigenvalue weighted by molar-refractivity contribution is -0.277. The van der Waals surface area contributed by atoms with Crippen LogP contribution in [0.1, 0.15) is 15.9 Å². The maximum absolute atomic E-state index is 12.5. The van der Waals surface area contributed by atoms with E-state index in [0.717, 1.165) is 6.07 Å². The smallest absolute Gasteiger partial charge is 0.338 e. The van der Waals surface area contributed by atoms with Crippen LogP contribution in [0.3, 0.4) is 0 Å². The Kier molecular flexibility index (Phi) is 10.1. The first-order valence-electron chi connectivity index (χ1n) is 12.7. The summed E-state index contributed by atoms with van der Waals surface area (Å²) in [6, 6.07) is 7.30. The number of phenolic OH excluding ortho intramolecular Hbond substituents is 2. The zero-order valence-corrected chi connectivity index (χ0v) is 21.8. The van der Waals surface area contributed by atoms with Crippen LogP contribution < -0.4 is 9.47 Å². The Hall–Kier alpha value is -3.29. The van der Waals surface area contributed by atoms with Gasteiger partial charge in [0.1, 0.15) is 55.4 Å². The molecule has 2 aliphatic heterocycles. The van der Waals surface area contributed by atoms with Crippen LogP contribution in [-0.4, -0.2) is 132 Å². The summed E-state index contributed by atoms with van der Waals surface area (Å²) < 4.78 is 26.4. The number of ether oxygens (including phenoxy) is 5. The Labute approximate surface area is 237 Å². The molecule has 0 aromatic heterocycles. The van der Waals surface area contributed by atoms with Gasteiger partial charge in [-0.1, -0.05) is 6.07 Å². The molecule has 232 valence electrons. The summed E-state index contributed by atoms with van der Waals surface area (Å²) in [4.78, 5) is 12.5. The van der Waals surface area contributed by atoms with Gasteiger partial charge in [0.15, 0.2) is 23.0 Å². The molecule has 0 saturated carbocycles. The highest BCUT2D eigenvalue weighted by Gasteiger charge is 2.46. The number of phenols is 2.